The zero-order chi connectivity index (χ0) is 23.2. The zero-order valence-electron chi connectivity index (χ0n) is 19.7. The van der Waals surface area contributed by atoms with E-state index >= 15 is 0 Å². The van der Waals surface area contributed by atoms with E-state index in [4.69, 9.17) is 9.47 Å². The Morgan fingerprint density at radius 2 is 1.91 bits per heavy atom. The number of carbonyl (C=O) groups excluding carboxylic acids is 2. The second kappa shape index (κ2) is 11.0. The Balaban J connectivity index is 1.54. The zero-order valence-corrected chi connectivity index (χ0v) is 19.7. The summed E-state index contributed by atoms with van der Waals surface area (Å²) in [6, 6.07) is 8.33. The predicted molar refractivity (Wildman–Crippen MR) is 126 cm³/mol. The highest BCUT2D eigenvalue weighted by molar-refractivity contribution is 5.95. The van der Waals surface area contributed by atoms with E-state index in [0.717, 1.165) is 49.8 Å². The molecule has 2 aliphatic rings. The van der Waals surface area contributed by atoms with Crippen LogP contribution in [0.25, 0.3) is 0 Å². The third-order valence-corrected chi connectivity index (χ3v) is 6.84. The van der Waals surface area contributed by atoms with Gasteiger partial charge in [-0.1, -0.05) is 19.1 Å². The Bertz CT molecular complexity index is 943. The molecule has 1 amide bonds. The Kier molecular flexibility index (Phi) is 7.81. The highest BCUT2D eigenvalue weighted by Gasteiger charge is 2.33. The third-order valence-electron chi connectivity index (χ3n) is 6.84. The van der Waals surface area contributed by atoms with Gasteiger partial charge in [-0.05, 0) is 69.1 Å². The van der Waals surface area contributed by atoms with Crippen LogP contribution in [0.1, 0.15) is 68.3 Å². The molecule has 33 heavy (non-hydrogen) atoms. The van der Waals surface area contributed by atoms with Gasteiger partial charge in [0.2, 0.25) is 5.91 Å². The van der Waals surface area contributed by atoms with Gasteiger partial charge in [0.15, 0.2) is 0 Å². The Morgan fingerprint density at radius 1 is 1.15 bits per heavy atom. The largest absolute Gasteiger partial charge is 0.462 e. The van der Waals surface area contributed by atoms with E-state index in [1.165, 1.54) is 6.20 Å². The smallest absolute Gasteiger partial charge is 0.341 e. The summed E-state index contributed by atoms with van der Waals surface area (Å²) in [5.41, 5.74) is 2.42. The normalized spacial score (nSPS) is 21.5. The molecule has 7 heteroatoms. The Labute approximate surface area is 196 Å². The van der Waals surface area contributed by atoms with Gasteiger partial charge in [-0.2, -0.15) is 5.10 Å². The van der Waals surface area contributed by atoms with E-state index in [9.17, 15) is 9.59 Å². The maximum absolute atomic E-state index is 13.7. The van der Waals surface area contributed by atoms with Gasteiger partial charge in [0.05, 0.1) is 24.9 Å². The van der Waals surface area contributed by atoms with Crippen molar-refractivity contribution >= 4 is 17.6 Å². The van der Waals surface area contributed by atoms with Crippen LogP contribution in [-0.2, 0) is 20.8 Å². The molecule has 0 N–H and O–H groups in total. The van der Waals surface area contributed by atoms with Crippen molar-refractivity contribution < 1.29 is 19.1 Å². The Morgan fingerprint density at radius 3 is 2.64 bits per heavy atom. The highest BCUT2D eigenvalue weighted by atomic mass is 16.5. The van der Waals surface area contributed by atoms with Gasteiger partial charge in [0.1, 0.15) is 0 Å². The molecule has 1 aliphatic carbocycles. The molecule has 1 aromatic carbocycles. The number of ether oxygens (including phenoxy) is 2. The maximum atomic E-state index is 13.7. The molecule has 1 aromatic heterocycles. The van der Waals surface area contributed by atoms with Gasteiger partial charge >= 0.3 is 5.97 Å². The van der Waals surface area contributed by atoms with E-state index in [2.05, 4.69) is 23.0 Å². The molecule has 0 atom stereocenters. The van der Waals surface area contributed by atoms with Crippen LogP contribution in [0.4, 0.5) is 5.69 Å². The number of amides is 1. The number of carbonyl (C=O) groups is 2. The molecule has 0 unspecified atom stereocenters. The molecule has 1 saturated heterocycles. The number of hydrogen-bond donors (Lipinski definition) is 0. The molecule has 1 saturated carbocycles. The lowest BCUT2D eigenvalue weighted by Gasteiger charge is -2.38. The van der Waals surface area contributed by atoms with Crippen molar-refractivity contribution in [2.45, 2.75) is 65.0 Å². The van der Waals surface area contributed by atoms with Gasteiger partial charge in [0.25, 0.3) is 0 Å². The molecule has 178 valence electrons. The van der Waals surface area contributed by atoms with Gasteiger partial charge in [0, 0.05) is 37.1 Å². The number of anilines is 1. The minimum atomic E-state index is -0.365. The molecule has 1 aliphatic heterocycles. The van der Waals surface area contributed by atoms with Crippen LogP contribution in [0.5, 0.6) is 0 Å². The average Bonchev–Trinajstić information content (AvgIpc) is 3.29. The number of hydrogen-bond acceptors (Lipinski definition) is 5. The average molecular weight is 454 g/mol. The van der Waals surface area contributed by atoms with Gasteiger partial charge in [-0.15, -0.1) is 0 Å². The summed E-state index contributed by atoms with van der Waals surface area (Å²) in [5, 5.41) is 4.31. The van der Waals surface area contributed by atoms with Gasteiger partial charge < -0.3 is 14.4 Å². The van der Waals surface area contributed by atoms with Gasteiger partial charge in [-0.3, -0.25) is 9.48 Å². The fourth-order valence-electron chi connectivity index (χ4n) is 4.93. The predicted octanol–water partition coefficient (Wildman–Crippen LogP) is 4.45. The van der Waals surface area contributed by atoms with E-state index in [-0.39, 0.29) is 23.8 Å². The molecule has 4 rings (SSSR count). The minimum Gasteiger partial charge on any atom is -0.462 e. The standard InChI is InChI=1S/C26H35N3O4/c1-3-33-26(31)22-16-27-28(18-22)17-20-5-4-6-24(15-20)29(23-11-13-32-14-12-23)25(30)21-9-7-19(2)8-10-21/h4-6,15-16,18-19,21,23H,3,7-14,17H2,1-2H3/t19-,21-. The molecule has 0 spiro atoms. The number of nitrogens with zero attached hydrogens (tertiary/aromatic N) is 3. The first-order valence-corrected chi connectivity index (χ1v) is 12.2. The van der Waals surface area contributed by atoms with Crippen LogP contribution in [0.3, 0.4) is 0 Å². The van der Waals surface area contributed by atoms with Crippen molar-refractivity contribution in [1.82, 2.24) is 9.78 Å². The minimum absolute atomic E-state index is 0.103. The lowest BCUT2D eigenvalue weighted by molar-refractivity contribution is -0.124. The monoisotopic (exact) mass is 453 g/mol. The van der Waals surface area contributed by atoms with E-state index < -0.39 is 0 Å². The van der Waals surface area contributed by atoms with Crippen molar-refractivity contribution in [3.05, 3.63) is 47.8 Å². The topological polar surface area (TPSA) is 73.7 Å². The van der Waals surface area contributed by atoms with Gasteiger partial charge in [-0.25, -0.2) is 4.79 Å². The molecule has 2 fully saturated rings. The SMILES string of the molecule is CCOC(=O)c1cnn(Cc2cccc(N(C(=O)[C@H]3CC[C@H](C)CC3)C3CCOCC3)c2)c1. The van der Waals surface area contributed by atoms with Crippen LogP contribution < -0.4 is 4.90 Å². The first-order chi connectivity index (χ1) is 16.0. The van der Waals surface area contributed by atoms with E-state index in [1.807, 2.05) is 18.2 Å². The van der Waals surface area contributed by atoms with Crippen molar-refractivity contribution in [2.75, 3.05) is 24.7 Å². The van der Waals surface area contributed by atoms with E-state index in [0.29, 0.717) is 37.8 Å². The van der Waals surface area contributed by atoms with Crippen molar-refractivity contribution in [1.29, 1.82) is 0 Å². The molecule has 7 nitrogen and oxygen atoms in total. The molecule has 0 radical (unpaired) electrons. The summed E-state index contributed by atoms with van der Waals surface area (Å²) in [7, 11) is 0. The van der Waals surface area contributed by atoms with Crippen LogP contribution in [0.15, 0.2) is 36.7 Å². The summed E-state index contributed by atoms with van der Waals surface area (Å²) < 4.78 is 12.4. The highest BCUT2D eigenvalue weighted by Crippen LogP contribution is 2.33. The van der Waals surface area contributed by atoms with Crippen molar-refractivity contribution in [3.8, 4) is 0 Å². The fraction of sp³-hybridized carbons (Fsp3) is 0.577. The lowest BCUT2D eigenvalue weighted by Crippen LogP contribution is -2.47. The maximum Gasteiger partial charge on any atom is 0.341 e. The molecule has 2 aromatic rings. The van der Waals surface area contributed by atoms with Crippen LogP contribution in [0, 0.1) is 11.8 Å². The number of benzene rings is 1. The summed E-state index contributed by atoms with van der Waals surface area (Å²) >= 11 is 0. The summed E-state index contributed by atoms with van der Waals surface area (Å²) in [5.74, 6) is 0.707. The van der Waals surface area contributed by atoms with Crippen LogP contribution in [-0.4, -0.2) is 47.5 Å². The molecule has 2 heterocycles. The third kappa shape index (κ3) is 5.82. The lowest BCUT2D eigenvalue weighted by atomic mass is 9.82. The van der Waals surface area contributed by atoms with Crippen molar-refractivity contribution in [2.24, 2.45) is 11.8 Å². The number of esters is 1. The quantitative estimate of drug-likeness (QED) is 0.579. The molecule has 0 bridgehead atoms. The number of aromatic nitrogens is 2. The molecular formula is C26H35N3O4. The first-order valence-electron chi connectivity index (χ1n) is 12.2. The second-order valence-electron chi connectivity index (χ2n) is 9.33. The summed E-state index contributed by atoms with van der Waals surface area (Å²) in [4.78, 5) is 27.7. The van der Waals surface area contributed by atoms with Crippen molar-refractivity contribution in [3.63, 3.8) is 0 Å². The Hall–Kier alpha value is -2.67. The van der Waals surface area contributed by atoms with Crippen LogP contribution in [0.2, 0.25) is 0 Å². The summed E-state index contributed by atoms with van der Waals surface area (Å²) in [6.07, 6.45) is 9.16. The van der Waals surface area contributed by atoms with Crippen LogP contribution >= 0.6 is 0 Å². The fourth-order valence-corrected chi connectivity index (χ4v) is 4.93. The summed E-state index contributed by atoms with van der Waals surface area (Å²) in [6.45, 7) is 6.31. The second-order valence-corrected chi connectivity index (χ2v) is 9.33. The first kappa shape index (κ1) is 23.5. The molecular weight excluding hydrogens is 418 g/mol. The van der Waals surface area contributed by atoms with E-state index in [1.54, 1.807) is 17.8 Å². The number of rotatable bonds is 7.